The Kier molecular flexibility index (Phi) is 6.98. The Morgan fingerprint density at radius 2 is 1.09 bits per heavy atom. The first kappa shape index (κ1) is 32.8. The van der Waals surface area contributed by atoms with Crippen LogP contribution in [0.4, 0.5) is 17.1 Å². The number of rotatable bonds is 5. The fourth-order valence-electron chi connectivity index (χ4n) is 9.78. The van der Waals surface area contributed by atoms with Gasteiger partial charge in [-0.25, -0.2) is 0 Å². The second-order valence-electron chi connectivity index (χ2n) is 16.1. The molecule has 0 atom stereocenters. The van der Waals surface area contributed by atoms with Crippen molar-refractivity contribution in [2.75, 3.05) is 4.90 Å². The van der Waals surface area contributed by atoms with Crippen molar-refractivity contribution in [2.24, 2.45) is 0 Å². The van der Waals surface area contributed by atoms with Gasteiger partial charge in [0, 0.05) is 49.9 Å². The van der Waals surface area contributed by atoms with Crippen LogP contribution in [0.5, 0.6) is 11.5 Å². The molecule has 2 aliphatic rings. The molecule has 0 unspecified atom stereocenters. The summed E-state index contributed by atoms with van der Waals surface area (Å²) in [5.41, 5.74) is 16.7. The maximum absolute atomic E-state index is 6.55. The van der Waals surface area contributed by atoms with Crippen molar-refractivity contribution in [3.63, 3.8) is 0 Å². The molecule has 0 radical (unpaired) electrons. The highest BCUT2D eigenvalue weighted by atomic mass is 16.5. The van der Waals surface area contributed by atoms with Gasteiger partial charge >= 0.3 is 0 Å². The Balaban J connectivity index is 0.998. The molecule has 274 valence electrons. The van der Waals surface area contributed by atoms with E-state index in [0.717, 1.165) is 50.9 Å². The first-order valence-corrected chi connectivity index (χ1v) is 20.1. The van der Waals surface area contributed by atoms with Crippen LogP contribution in [-0.2, 0) is 5.41 Å². The van der Waals surface area contributed by atoms with Gasteiger partial charge in [-0.1, -0.05) is 129 Å². The highest BCUT2D eigenvalue weighted by Crippen LogP contribution is 2.51. The van der Waals surface area contributed by atoms with Gasteiger partial charge in [0.1, 0.15) is 11.5 Å². The Labute approximate surface area is 337 Å². The lowest BCUT2D eigenvalue weighted by Crippen LogP contribution is -2.16. The van der Waals surface area contributed by atoms with Crippen molar-refractivity contribution >= 4 is 49.6 Å². The van der Waals surface area contributed by atoms with E-state index in [9.17, 15) is 0 Å². The van der Waals surface area contributed by atoms with E-state index in [0.29, 0.717) is 0 Å². The number of ether oxygens (including phenoxy) is 1. The van der Waals surface area contributed by atoms with Gasteiger partial charge < -0.3 is 14.2 Å². The van der Waals surface area contributed by atoms with E-state index in [-0.39, 0.29) is 5.41 Å². The number of nitrogens with zero attached hydrogens (tertiary/aromatic N) is 2. The summed E-state index contributed by atoms with van der Waals surface area (Å²) in [4.78, 5) is 2.42. The lowest BCUT2D eigenvalue weighted by atomic mass is 9.82. The van der Waals surface area contributed by atoms with Gasteiger partial charge in [0.15, 0.2) is 0 Å². The molecular formula is C55H38N2O. The summed E-state index contributed by atoms with van der Waals surface area (Å²) >= 11 is 0. The van der Waals surface area contributed by atoms with Crippen LogP contribution in [0.1, 0.15) is 25.0 Å². The monoisotopic (exact) mass is 742 g/mol. The molecule has 0 saturated heterocycles. The number of anilines is 3. The van der Waals surface area contributed by atoms with Crippen molar-refractivity contribution in [3.05, 3.63) is 205 Å². The van der Waals surface area contributed by atoms with Crippen LogP contribution >= 0.6 is 0 Å². The first-order valence-electron chi connectivity index (χ1n) is 20.1. The Morgan fingerprint density at radius 3 is 1.97 bits per heavy atom. The van der Waals surface area contributed by atoms with E-state index >= 15 is 0 Å². The van der Waals surface area contributed by atoms with Crippen molar-refractivity contribution in [1.82, 2.24) is 4.57 Å². The van der Waals surface area contributed by atoms with Gasteiger partial charge in [-0.15, -0.1) is 0 Å². The summed E-state index contributed by atoms with van der Waals surface area (Å²) in [6, 6.07) is 70.7. The summed E-state index contributed by atoms with van der Waals surface area (Å²) in [6.45, 7) is 4.71. The van der Waals surface area contributed by atoms with Gasteiger partial charge in [-0.3, -0.25) is 0 Å². The molecule has 0 spiro atoms. The quantitative estimate of drug-likeness (QED) is 0.175. The molecule has 0 saturated carbocycles. The third kappa shape index (κ3) is 4.80. The van der Waals surface area contributed by atoms with Gasteiger partial charge in [0.25, 0.3) is 0 Å². The predicted molar refractivity (Wildman–Crippen MR) is 241 cm³/mol. The second-order valence-corrected chi connectivity index (χ2v) is 16.1. The molecule has 1 aliphatic heterocycles. The fourth-order valence-corrected chi connectivity index (χ4v) is 9.78. The zero-order valence-electron chi connectivity index (χ0n) is 32.3. The zero-order chi connectivity index (χ0) is 38.5. The number of fused-ring (bicyclic) bond motifs is 8. The molecule has 58 heavy (non-hydrogen) atoms. The summed E-state index contributed by atoms with van der Waals surface area (Å²) in [5.74, 6) is 1.80. The van der Waals surface area contributed by atoms with E-state index in [4.69, 9.17) is 4.74 Å². The summed E-state index contributed by atoms with van der Waals surface area (Å²) < 4.78 is 8.93. The van der Waals surface area contributed by atoms with E-state index in [1.54, 1.807) is 0 Å². The second kappa shape index (κ2) is 12.3. The maximum atomic E-state index is 6.55. The minimum Gasteiger partial charge on any atom is -0.456 e. The number of hydrogen-bond donors (Lipinski definition) is 0. The molecule has 3 heteroatoms. The lowest BCUT2D eigenvalue weighted by Gasteiger charge is -2.28. The highest BCUT2D eigenvalue weighted by molar-refractivity contribution is 6.11. The minimum atomic E-state index is -0.120. The molecule has 1 aliphatic carbocycles. The van der Waals surface area contributed by atoms with Crippen LogP contribution in [0, 0.1) is 0 Å². The Morgan fingerprint density at radius 1 is 0.431 bits per heavy atom. The first-order chi connectivity index (χ1) is 28.5. The van der Waals surface area contributed by atoms with Gasteiger partial charge in [-0.2, -0.15) is 0 Å². The molecule has 10 aromatic rings. The molecule has 1 aromatic heterocycles. The number of aromatic nitrogens is 1. The van der Waals surface area contributed by atoms with E-state index in [1.165, 1.54) is 60.4 Å². The molecule has 12 rings (SSSR count). The molecule has 0 fully saturated rings. The Hall–Kier alpha value is -7.36. The van der Waals surface area contributed by atoms with Crippen LogP contribution in [0.25, 0.3) is 71.6 Å². The average molecular weight is 743 g/mol. The maximum Gasteiger partial charge on any atom is 0.135 e. The van der Waals surface area contributed by atoms with E-state index in [2.05, 4.69) is 217 Å². The van der Waals surface area contributed by atoms with E-state index < -0.39 is 0 Å². The van der Waals surface area contributed by atoms with Gasteiger partial charge in [0.2, 0.25) is 0 Å². The summed E-state index contributed by atoms with van der Waals surface area (Å²) in [5, 5.41) is 4.83. The van der Waals surface area contributed by atoms with Crippen molar-refractivity contribution in [1.29, 1.82) is 0 Å². The summed E-state index contributed by atoms with van der Waals surface area (Å²) in [7, 11) is 0. The van der Waals surface area contributed by atoms with Crippen molar-refractivity contribution in [3.8, 4) is 50.6 Å². The van der Waals surface area contributed by atoms with E-state index in [1.807, 2.05) is 0 Å². The highest BCUT2D eigenvalue weighted by Gasteiger charge is 2.36. The predicted octanol–water partition coefficient (Wildman–Crippen LogP) is 15.2. The SMILES string of the molecule is CC1(C)c2ccccc2-c2ccc(N(c3ccc(-c4ccc5c(c4)Oc4cccc6cccc-5c46)cc3)c3ccc4c(c3)c3ccccc3n4-c3ccccc3)cc21. The third-order valence-corrected chi connectivity index (χ3v) is 12.6. The van der Waals surface area contributed by atoms with Crippen LogP contribution in [0.15, 0.2) is 194 Å². The molecule has 9 aromatic carbocycles. The van der Waals surface area contributed by atoms with Gasteiger partial charge in [-0.05, 0) is 123 Å². The summed E-state index contributed by atoms with van der Waals surface area (Å²) in [6.07, 6.45) is 0. The number of hydrogen-bond acceptors (Lipinski definition) is 2. The number of benzene rings is 9. The standard InChI is InChI=1S/C55H38N2O/c1-55(2)48-19-8-6-16-42(48)43-30-27-41(34-49(43)55)56(40-28-31-51-47(33-40)44-17-7-9-20-50(44)57(51)38-14-4-3-5-15-38)39-25-22-35(23-26-39)37-24-29-45-46-18-10-12-36-13-11-21-52(54(36)46)58-53(45)32-37/h3-34H,1-2H3. The van der Waals surface area contributed by atoms with Crippen molar-refractivity contribution < 1.29 is 4.74 Å². The Bertz CT molecular complexity index is 3280. The molecule has 3 nitrogen and oxygen atoms in total. The minimum absolute atomic E-state index is 0.120. The van der Waals surface area contributed by atoms with Crippen molar-refractivity contribution in [2.45, 2.75) is 19.3 Å². The van der Waals surface area contributed by atoms with Gasteiger partial charge in [0.05, 0.1) is 11.0 Å². The van der Waals surface area contributed by atoms with Crippen LogP contribution in [0.3, 0.4) is 0 Å². The van der Waals surface area contributed by atoms with Crippen LogP contribution < -0.4 is 9.64 Å². The topological polar surface area (TPSA) is 17.4 Å². The largest absolute Gasteiger partial charge is 0.456 e. The third-order valence-electron chi connectivity index (χ3n) is 12.6. The molecule has 0 bridgehead atoms. The number of para-hydroxylation sites is 2. The molecule has 0 N–H and O–H groups in total. The zero-order valence-corrected chi connectivity index (χ0v) is 32.3. The molecule has 0 amide bonds. The average Bonchev–Trinajstić information content (AvgIpc) is 3.72. The molecule has 2 heterocycles. The smallest absolute Gasteiger partial charge is 0.135 e. The van der Waals surface area contributed by atoms with Crippen LogP contribution in [-0.4, -0.2) is 4.57 Å². The molecular weight excluding hydrogens is 705 g/mol. The lowest BCUT2D eigenvalue weighted by molar-refractivity contribution is 0.487. The normalized spacial score (nSPS) is 13.3. The fraction of sp³-hybridized carbons (Fsp3) is 0.0545. The van der Waals surface area contributed by atoms with Crippen LogP contribution in [0.2, 0.25) is 0 Å².